The molecule has 4 atom stereocenters. The summed E-state index contributed by atoms with van der Waals surface area (Å²) in [5.41, 5.74) is 0.629. The van der Waals surface area contributed by atoms with E-state index < -0.39 is 0 Å². The van der Waals surface area contributed by atoms with E-state index in [4.69, 9.17) is 0 Å². The Labute approximate surface area is 127 Å². The van der Waals surface area contributed by atoms with Gasteiger partial charge in [-0.05, 0) is 66.3 Å². The molecule has 2 aliphatic rings. The number of hydrogen-bond donors (Lipinski definition) is 1. The van der Waals surface area contributed by atoms with Gasteiger partial charge in [-0.25, -0.2) is 4.68 Å². The molecule has 2 fully saturated rings. The van der Waals surface area contributed by atoms with Crippen molar-refractivity contribution in [2.45, 2.75) is 72.4 Å². The number of nitrogens with zero attached hydrogens (tertiary/aromatic N) is 4. The highest BCUT2D eigenvalue weighted by atomic mass is 15.6. The molecule has 4 unspecified atom stereocenters. The first kappa shape index (κ1) is 14.9. The Kier molecular flexibility index (Phi) is 3.59. The zero-order valence-corrected chi connectivity index (χ0v) is 14.1. The molecule has 2 aliphatic carbocycles. The zero-order chi connectivity index (χ0) is 15.3. The van der Waals surface area contributed by atoms with Crippen LogP contribution in [0.2, 0.25) is 0 Å². The Balaban J connectivity index is 1.92. The summed E-state index contributed by atoms with van der Waals surface area (Å²) in [5, 5.41) is 16.3. The maximum atomic E-state index is 4.40. The van der Waals surface area contributed by atoms with Gasteiger partial charge < -0.3 is 5.32 Å². The molecule has 2 saturated carbocycles. The second-order valence-corrected chi connectivity index (χ2v) is 7.98. The molecule has 1 aromatic rings. The minimum absolute atomic E-state index is 0.207. The van der Waals surface area contributed by atoms with E-state index in [-0.39, 0.29) is 11.5 Å². The third kappa shape index (κ3) is 2.20. The minimum Gasteiger partial charge on any atom is -0.307 e. The lowest BCUT2D eigenvalue weighted by Gasteiger charge is -2.42. The minimum atomic E-state index is 0.207. The van der Waals surface area contributed by atoms with E-state index in [2.05, 4.69) is 60.1 Å². The van der Waals surface area contributed by atoms with Crippen LogP contribution in [0.4, 0.5) is 0 Å². The van der Waals surface area contributed by atoms with Gasteiger partial charge in [-0.3, -0.25) is 0 Å². The van der Waals surface area contributed by atoms with Crippen molar-refractivity contribution in [1.29, 1.82) is 0 Å². The first-order valence-corrected chi connectivity index (χ1v) is 8.41. The third-order valence-electron chi connectivity index (χ3n) is 6.04. The van der Waals surface area contributed by atoms with Crippen molar-refractivity contribution in [2.24, 2.45) is 16.7 Å². The van der Waals surface area contributed by atoms with Gasteiger partial charge in [-0.1, -0.05) is 27.7 Å². The topological polar surface area (TPSA) is 55.6 Å². The van der Waals surface area contributed by atoms with Gasteiger partial charge in [0.15, 0.2) is 5.82 Å². The normalized spacial score (nSPS) is 35.3. The van der Waals surface area contributed by atoms with E-state index in [0.717, 1.165) is 24.7 Å². The van der Waals surface area contributed by atoms with Crippen molar-refractivity contribution in [3.05, 3.63) is 5.82 Å². The largest absolute Gasteiger partial charge is 0.307 e. The number of fused-ring (bicyclic) bond motifs is 2. The number of nitrogens with one attached hydrogen (secondary N) is 1. The van der Waals surface area contributed by atoms with E-state index in [1.807, 2.05) is 0 Å². The van der Waals surface area contributed by atoms with Crippen LogP contribution >= 0.6 is 0 Å². The van der Waals surface area contributed by atoms with E-state index in [9.17, 15) is 0 Å². The van der Waals surface area contributed by atoms with Crippen molar-refractivity contribution in [1.82, 2.24) is 25.5 Å². The van der Waals surface area contributed by atoms with Crippen LogP contribution in [0.25, 0.3) is 0 Å². The lowest BCUT2D eigenvalue weighted by atomic mass is 9.68. The Morgan fingerprint density at radius 1 is 1.38 bits per heavy atom. The standard InChI is InChI=1S/C16H29N5/c1-6-9-17-11(2)13-18-19-20-21(13)14-15(3,4)12-7-8-16(14,5)10-12/h11-12,14,17H,6-10H2,1-5H3. The van der Waals surface area contributed by atoms with Crippen LogP contribution in [0.3, 0.4) is 0 Å². The molecule has 1 heterocycles. The van der Waals surface area contributed by atoms with Crippen LogP contribution < -0.4 is 5.32 Å². The summed E-state index contributed by atoms with van der Waals surface area (Å²) in [6.45, 7) is 12.6. The van der Waals surface area contributed by atoms with Crippen LogP contribution in [0.1, 0.15) is 78.2 Å². The lowest BCUT2D eigenvalue weighted by molar-refractivity contribution is 0.0682. The molecule has 1 aromatic heterocycles. The first-order chi connectivity index (χ1) is 9.90. The van der Waals surface area contributed by atoms with Gasteiger partial charge in [0.1, 0.15) is 0 Å². The Hall–Kier alpha value is -0.970. The Bertz CT molecular complexity index is 504. The van der Waals surface area contributed by atoms with Crippen LogP contribution in [0, 0.1) is 16.7 Å². The van der Waals surface area contributed by atoms with E-state index in [1.54, 1.807) is 0 Å². The highest BCUT2D eigenvalue weighted by Gasteiger charge is 2.61. The summed E-state index contributed by atoms with van der Waals surface area (Å²) >= 11 is 0. The van der Waals surface area contributed by atoms with Crippen LogP contribution in [0.5, 0.6) is 0 Å². The molecule has 0 saturated heterocycles. The maximum absolute atomic E-state index is 4.40. The second-order valence-electron chi connectivity index (χ2n) is 7.98. The summed E-state index contributed by atoms with van der Waals surface area (Å²) < 4.78 is 2.15. The number of rotatable bonds is 5. The molecule has 0 radical (unpaired) electrons. The van der Waals surface area contributed by atoms with Gasteiger partial charge >= 0.3 is 0 Å². The van der Waals surface area contributed by atoms with Crippen molar-refractivity contribution >= 4 is 0 Å². The molecular formula is C16H29N5. The maximum Gasteiger partial charge on any atom is 0.168 e. The van der Waals surface area contributed by atoms with Crippen molar-refractivity contribution in [3.63, 3.8) is 0 Å². The predicted octanol–water partition coefficient (Wildman–Crippen LogP) is 3.12. The van der Waals surface area contributed by atoms with E-state index in [0.29, 0.717) is 11.5 Å². The molecule has 21 heavy (non-hydrogen) atoms. The molecule has 5 nitrogen and oxygen atoms in total. The fourth-order valence-corrected chi connectivity index (χ4v) is 5.01. The van der Waals surface area contributed by atoms with Gasteiger partial charge in [-0.15, -0.1) is 5.10 Å². The smallest absolute Gasteiger partial charge is 0.168 e. The van der Waals surface area contributed by atoms with Crippen LogP contribution in [-0.4, -0.2) is 26.8 Å². The van der Waals surface area contributed by atoms with Gasteiger partial charge in [0, 0.05) is 0 Å². The number of tetrazole rings is 1. The summed E-state index contributed by atoms with van der Waals surface area (Å²) in [4.78, 5) is 0. The average molecular weight is 291 g/mol. The molecular weight excluding hydrogens is 262 g/mol. The fraction of sp³-hybridized carbons (Fsp3) is 0.938. The van der Waals surface area contributed by atoms with Gasteiger partial charge in [0.05, 0.1) is 12.1 Å². The summed E-state index contributed by atoms with van der Waals surface area (Å²) in [5.74, 6) is 1.80. The van der Waals surface area contributed by atoms with E-state index in [1.165, 1.54) is 19.3 Å². The molecule has 118 valence electrons. The second kappa shape index (κ2) is 5.04. The molecule has 5 heteroatoms. The predicted molar refractivity (Wildman–Crippen MR) is 82.8 cm³/mol. The molecule has 2 bridgehead atoms. The van der Waals surface area contributed by atoms with Crippen molar-refractivity contribution in [2.75, 3.05) is 6.54 Å². The SMILES string of the molecule is CCCNC(C)c1nnnn1C1C2(C)CCC(C2)C1(C)C. The number of aromatic nitrogens is 4. The molecule has 0 aliphatic heterocycles. The summed E-state index contributed by atoms with van der Waals surface area (Å²) in [6, 6.07) is 0.623. The summed E-state index contributed by atoms with van der Waals surface area (Å²) in [7, 11) is 0. The Morgan fingerprint density at radius 3 is 2.76 bits per heavy atom. The highest BCUT2D eigenvalue weighted by Crippen LogP contribution is 2.68. The number of hydrogen-bond acceptors (Lipinski definition) is 4. The van der Waals surface area contributed by atoms with E-state index >= 15 is 0 Å². The van der Waals surface area contributed by atoms with Crippen LogP contribution in [0.15, 0.2) is 0 Å². The van der Waals surface area contributed by atoms with Gasteiger partial charge in [0.25, 0.3) is 0 Å². The van der Waals surface area contributed by atoms with Crippen LogP contribution in [-0.2, 0) is 0 Å². The van der Waals surface area contributed by atoms with Gasteiger partial charge in [-0.2, -0.15) is 0 Å². The molecule has 1 N–H and O–H groups in total. The highest BCUT2D eigenvalue weighted by molar-refractivity contribution is 5.12. The molecule has 3 rings (SSSR count). The van der Waals surface area contributed by atoms with Crippen molar-refractivity contribution < 1.29 is 0 Å². The molecule has 0 spiro atoms. The third-order valence-corrected chi connectivity index (χ3v) is 6.04. The molecule has 0 aromatic carbocycles. The molecule has 0 amide bonds. The monoisotopic (exact) mass is 291 g/mol. The first-order valence-electron chi connectivity index (χ1n) is 8.41. The quantitative estimate of drug-likeness (QED) is 0.905. The average Bonchev–Trinajstić information content (AvgIpc) is 3.07. The Morgan fingerprint density at radius 2 is 2.14 bits per heavy atom. The van der Waals surface area contributed by atoms with Gasteiger partial charge in [0.2, 0.25) is 0 Å². The van der Waals surface area contributed by atoms with Crippen molar-refractivity contribution in [3.8, 4) is 0 Å². The summed E-state index contributed by atoms with van der Waals surface area (Å²) in [6.07, 6.45) is 5.12. The lowest BCUT2D eigenvalue weighted by Crippen LogP contribution is -2.39. The fourth-order valence-electron chi connectivity index (χ4n) is 5.01. The zero-order valence-electron chi connectivity index (χ0n) is 14.1.